The Kier molecular flexibility index (Phi) is 6.70. The fourth-order valence-corrected chi connectivity index (χ4v) is 4.54. The van der Waals surface area contributed by atoms with Crippen molar-refractivity contribution in [3.63, 3.8) is 0 Å². The van der Waals surface area contributed by atoms with Crippen molar-refractivity contribution in [3.8, 4) is 0 Å². The van der Waals surface area contributed by atoms with Crippen LogP contribution in [0.3, 0.4) is 0 Å². The average molecular weight is 479 g/mol. The van der Waals surface area contributed by atoms with Crippen molar-refractivity contribution in [2.75, 3.05) is 4.72 Å². The molecule has 3 aromatic rings. The molecule has 1 unspecified atom stereocenters. The van der Waals surface area contributed by atoms with Gasteiger partial charge in [-0.1, -0.05) is 42.5 Å². The number of aryl methyl sites for hydroxylation is 1. The molecule has 0 aromatic heterocycles. The van der Waals surface area contributed by atoms with Gasteiger partial charge in [-0.05, 0) is 68.1 Å². The molecule has 2 N–H and O–H groups in total. The number of amides is 1. The van der Waals surface area contributed by atoms with Crippen LogP contribution in [0, 0.1) is 13.8 Å². The first-order chi connectivity index (χ1) is 16.2. The van der Waals surface area contributed by atoms with Crippen LogP contribution in [0.4, 0.5) is 5.69 Å². The largest absolute Gasteiger partial charge is 0.444 e. The first-order valence-electron chi connectivity index (χ1n) is 11.0. The van der Waals surface area contributed by atoms with E-state index in [-0.39, 0.29) is 22.4 Å². The number of anilines is 1. The minimum atomic E-state index is -3.85. The molecule has 1 saturated carbocycles. The summed E-state index contributed by atoms with van der Waals surface area (Å²) in [6, 6.07) is 19.7. The van der Waals surface area contributed by atoms with Gasteiger partial charge < -0.3 is 10.1 Å². The zero-order valence-electron chi connectivity index (χ0n) is 18.9. The van der Waals surface area contributed by atoms with Gasteiger partial charge in [-0.2, -0.15) is 0 Å². The Labute approximate surface area is 199 Å². The molecule has 0 radical (unpaired) electrons. The Hall–Kier alpha value is -3.65. The quantitative estimate of drug-likeness (QED) is 0.471. The molecule has 1 aliphatic rings. The molecule has 1 fully saturated rings. The molecule has 3 aromatic carbocycles. The lowest BCUT2D eigenvalue weighted by Crippen LogP contribution is -2.33. The van der Waals surface area contributed by atoms with Crippen LogP contribution in [0.5, 0.6) is 0 Å². The number of carbonyl (C=O) groups is 2. The molecule has 4 rings (SSSR count). The highest BCUT2D eigenvalue weighted by molar-refractivity contribution is 7.92. The minimum absolute atomic E-state index is 0.0102. The lowest BCUT2D eigenvalue weighted by atomic mass is 10.1. The first kappa shape index (κ1) is 23.5. The van der Waals surface area contributed by atoms with Gasteiger partial charge in [-0.25, -0.2) is 13.2 Å². The summed E-state index contributed by atoms with van der Waals surface area (Å²) in [6.07, 6.45) is 0.726. The monoisotopic (exact) mass is 478 g/mol. The SMILES string of the molecule is Cc1cccc(NS(=O)(=O)c2ccc(C(=O)OC(C(=O)NC3CC3)c3ccccc3)cc2)c1C. The van der Waals surface area contributed by atoms with Crippen LogP contribution in [-0.2, 0) is 19.6 Å². The predicted molar refractivity (Wildman–Crippen MR) is 129 cm³/mol. The first-order valence-corrected chi connectivity index (χ1v) is 12.5. The van der Waals surface area contributed by atoms with Crippen LogP contribution in [0.25, 0.3) is 0 Å². The Balaban J connectivity index is 1.50. The van der Waals surface area contributed by atoms with Crippen molar-refractivity contribution in [1.29, 1.82) is 0 Å². The standard InChI is InChI=1S/C26H26N2O5S/c1-17-7-6-10-23(18(17)2)28-34(31,32)22-15-11-20(12-16-22)26(30)33-24(19-8-4-3-5-9-19)25(29)27-21-13-14-21/h3-12,15-16,21,24,28H,13-14H2,1-2H3,(H,27,29). The summed E-state index contributed by atoms with van der Waals surface area (Å²) in [5.74, 6) is -1.09. The van der Waals surface area contributed by atoms with E-state index in [4.69, 9.17) is 4.74 Å². The van der Waals surface area contributed by atoms with Crippen molar-refractivity contribution in [3.05, 3.63) is 95.1 Å². The van der Waals surface area contributed by atoms with E-state index in [0.717, 1.165) is 24.0 Å². The summed E-state index contributed by atoms with van der Waals surface area (Å²) in [5, 5.41) is 2.87. The van der Waals surface area contributed by atoms with Crippen LogP contribution >= 0.6 is 0 Å². The maximum atomic E-state index is 12.8. The van der Waals surface area contributed by atoms with Gasteiger partial charge in [-0.3, -0.25) is 9.52 Å². The molecule has 0 saturated heterocycles. The molecule has 7 nitrogen and oxygen atoms in total. The number of esters is 1. The van der Waals surface area contributed by atoms with Crippen molar-refractivity contribution in [2.24, 2.45) is 0 Å². The third-order valence-corrected chi connectivity index (χ3v) is 7.12. The van der Waals surface area contributed by atoms with E-state index in [2.05, 4.69) is 10.0 Å². The highest BCUT2D eigenvalue weighted by atomic mass is 32.2. The van der Waals surface area contributed by atoms with E-state index in [1.165, 1.54) is 24.3 Å². The zero-order chi connectivity index (χ0) is 24.3. The second-order valence-electron chi connectivity index (χ2n) is 8.36. The molecule has 1 atom stereocenters. The Morgan fingerprint density at radius 3 is 2.24 bits per heavy atom. The minimum Gasteiger partial charge on any atom is -0.444 e. The molecule has 0 spiro atoms. The smallest absolute Gasteiger partial charge is 0.339 e. The number of nitrogens with one attached hydrogen (secondary N) is 2. The van der Waals surface area contributed by atoms with E-state index >= 15 is 0 Å². The van der Waals surface area contributed by atoms with E-state index in [9.17, 15) is 18.0 Å². The molecule has 0 heterocycles. The van der Waals surface area contributed by atoms with Gasteiger partial charge >= 0.3 is 5.97 Å². The lowest BCUT2D eigenvalue weighted by Gasteiger charge is -2.18. The third-order valence-electron chi connectivity index (χ3n) is 5.74. The molecule has 176 valence electrons. The van der Waals surface area contributed by atoms with Crippen molar-refractivity contribution in [1.82, 2.24) is 5.32 Å². The normalized spacial score (nSPS) is 14.2. The summed E-state index contributed by atoms with van der Waals surface area (Å²) in [7, 11) is -3.85. The Bertz CT molecular complexity index is 1300. The number of benzene rings is 3. The van der Waals surface area contributed by atoms with Crippen LogP contribution in [-0.4, -0.2) is 26.3 Å². The van der Waals surface area contributed by atoms with Gasteiger partial charge in [0, 0.05) is 11.6 Å². The summed E-state index contributed by atoms with van der Waals surface area (Å²) in [5.41, 5.74) is 3.01. The molecule has 0 aliphatic heterocycles. The van der Waals surface area contributed by atoms with Crippen molar-refractivity contribution < 1.29 is 22.7 Å². The number of ether oxygens (including phenoxy) is 1. The Morgan fingerprint density at radius 1 is 0.912 bits per heavy atom. The average Bonchev–Trinajstić information content (AvgIpc) is 3.65. The number of hydrogen-bond donors (Lipinski definition) is 2. The van der Waals surface area contributed by atoms with Crippen LogP contribution in [0.1, 0.15) is 46.0 Å². The number of hydrogen-bond acceptors (Lipinski definition) is 5. The predicted octanol–water partition coefficient (Wildman–Crippen LogP) is 4.28. The molecule has 0 bridgehead atoms. The van der Waals surface area contributed by atoms with Gasteiger partial charge in [0.1, 0.15) is 0 Å². The van der Waals surface area contributed by atoms with Gasteiger partial charge in [0.25, 0.3) is 15.9 Å². The number of rotatable bonds is 8. The fourth-order valence-electron chi connectivity index (χ4n) is 3.42. The van der Waals surface area contributed by atoms with Crippen LogP contribution < -0.4 is 10.0 Å². The Morgan fingerprint density at radius 2 is 1.59 bits per heavy atom. The molecule has 1 aliphatic carbocycles. The summed E-state index contributed by atoms with van der Waals surface area (Å²) in [4.78, 5) is 25.5. The van der Waals surface area contributed by atoms with Gasteiger partial charge in [0.05, 0.1) is 16.1 Å². The lowest BCUT2D eigenvalue weighted by molar-refractivity contribution is -0.130. The third kappa shape index (κ3) is 5.46. The molecule has 1 amide bonds. The van der Waals surface area contributed by atoms with Gasteiger partial charge in [-0.15, -0.1) is 0 Å². The van der Waals surface area contributed by atoms with Crippen molar-refractivity contribution >= 4 is 27.6 Å². The van der Waals surface area contributed by atoms with Gasteiger partial charge in [0.15, 0.2) is 0 Å². The van der Waals surface area contributed by atoms with E-state index in [1.807, 2.05) is 26.0 Å². The topological polar surface area (TPSA) is 102 Å². The molecular weight excluding hydrogens is 452 g/mol. The second-order valence-corrected chi connectivity index (χ2v) is 10.0. The van der Waals surface area contributed by atoms with E-state index in [1.54, 1.807) is 36.4 Å². The number of sulfonamides is 1. The summed E-state index contributed by atoms with van der Waals surface area (Å²) in [6.45, 7) is 3.75. The highest BCUT2D eigenvalue weighted by Crippen LogP contribution is 2.25. The maximum absolute atomic E-state index is 12.8. The second kappa shape index (κ2) is 9.69. The van der Waals surface area contributed by atoms with Crippen LogP contribution in [0.15, 0.2) is 77.7 Å². The molecule has 34 heavy (non-hydrogen) atoms. The number of carbonyl (C=O) groups excluding carboxylic acids is 2. The summed E-state index contributed by atoms with van der Waals surface area (Å²) >= 11 is 0. The highest BCUT2D eigenvalue weighted by Gasteiger charge is 2.31. The van der Waals surface area contributed by atoms with Crippen molar-refractivity contribution in [2.45, 2.75) is 43.7 Å². The molecule has 8 heteroatoms. The summed E-state index contributed by atoms with van der Waals surface area (Å²) < 4.78 is 33.8. The molecular formula is C26H26N2O5S. The van der Waals surface area contributed by atoms with E-state index in [0.29, 0.717) is 11.3 Å². The zero-order valence-corrected chi connectivity index (χ0v) is 19.8. The van der Waals surface area contributed by atoms with E-state index < -0.39 is 22.1 Å². The van der Waals surface area contributed by atoms with Crippen LogP contribution in [0.2, 0.25) is 0 Å². The van der Waals surface area contributed by atoms with Gasteiger partial charge in [0.2, 0.25) is 6.10 Å². The fraction of sp³-hybridized carbons (Fsp3) is 0.231. The maximum Gasteiger partial charge on any atom is 0.339 e.